The number of morpholine rings is 1. The molecule has 0 radical (unpaired) electrons. The molecule has 2 heterocycles. The van der Waals surface area contributed by atoms with Crippen LogP contribution in [0.5, 0.6) is 0 Å². The lowest BCUT2D eigenvalue weighted by Gasteiger charge is -2.34. The van der Waals surface area contributed by atoms with E-state index in [0.29, 0.717) is 32.0 Å². The van der Waals surface area contributed by atoms with Crippen molar-refractivity contribution >= 4 is 23.5 Å². The van der Waals surface area contributed by atoms with Gasteiger partial charge in [-0.1, -0.05) is 24.8 Å². The lowest BCUT2D eigenvalue weighted by atomic mass is 10.0. The number of barbiturate groups is 1. The summed E-state index contributed by atoms with van der Waals surface area (Å²) in [6, 6.07) is 7.69. The van der Waals surface area contributed by atoms with Crippen molar-refractivity contribution in [2.45, 2.75) is 0 Å². The van der Waals surface area contributed by atoms with E-state index in [0.717, 1.165) is 4.90 Å². The molecule has 8 nitrogen and oxygen atoms in total. The molecule has 1 atom stereocenters. The summed E-state index contributed by atoms with van der Waals surface area (Å²) in [6.07, 6.45) is 0. The number of benzene rings is 1. The van der Waals surface area contributed by atoms with Crippen LogP contribution in [0, 0.1) is 5.92 Å². The number of ether oxygens (including phenoxy) is 1. The Kier molecular flexibility index (Phi) is 4.59. The van der Waals surface area contributed by atoms with E-state index in [2.05, 4.69) is 17.3 Å². The Morgan fingerprint density at radius 2 is 1.83 bits per heavy atom. The molecule has 0 saturated carbocycles. The number of urea groups is 1. The van der Waals surface area contributed by atoms with Gasteiger partial charge in [0.1, 0.15) is 0 Å². The molecule has 0 unspecified atom stereocenters. The van der Waals surface area contributed by atoms with E-state index in [1.165, 1.54) is 0 Å². The average molecular weight is 330 g/mol. The molecule has 0 spiro atoms. The van der Waals surface area contributed by atoms with Crippen molar-refractivity contribution in [1.82, 2.24) is 15.8 Å². The van der Waals surface area contributed by atoms with E-state index in [1.807, 2.05) is 5.01 Å². The van der Waals surface area contributed by atoms with Gasteiger partial charge in [0, 0.05) is 18.8 Å². The summed E-state index contributed by atoms with van der Waals surface area (Å²) < 4.78 is 5.25. The molecule has 1 aromatic rings. The number of anilines is 1. The Balaban J connectivity index is 1.79. The quantitative estimate of drug-likeness (QED) is 0.769. The summed E-state index contributed by atoms with van der Waals surface area (Å²) >= 11 is 0. The van der Waals surface area contributed by atoms with Gasteiger partial charge in [-0.05, 0) is 12.1 Å². The molecule has 126 valence electrons. The Labute approximate surface area is 139 Å². The molecule has 4 amide bonds. The van der Waals surface area contributed by atoms with Gasteiger partial charge in [0.2, 0.25) is 5.91 Å². The van der Waals surface area contributed by atoms with Crippen molar-refractivity contribution in [3.05, 3.63) is 42.6 Å². The SMILES string of the molecule is C=C(NN1CCOCC1)[C@H]1C(=O)NC(=O)N(c2ccccc2)C1=O. The average Bonchev–Trinajstić information content (AvgIpc) is 2.56. The standard InChI is InChI=1S/C16H18N4O4/c1-11(18-19-7-9-24-10-8-19)13-14(21)17-16(23)20(15(13)22)12-5-3-2-4-6-12/h2-6,13,18H,1,7-10H2,(H,17,21,23)/t13-/m0/s1. The molecular weight excluding hydrogens is 312 g/mol. The van der Waals surface area contributed by atoms with Gasteiger partial charge in [0.05, 0.1) is 18.9 Å². The van der Waals surface area contributed by atoms with Gasteiger partial charge in [-0.25, -0.2) is 14.7 Å². The zero-order valence-electron chi connectivity index (χ0n) is 13.0. The zero-order valence-corrected chi connectivity index (χ0v) is 13.0. The Hall–Kier alpha value is -2.71. The lowest BCUT2D eigenvalue weighted by Crippen LogP contribution is -2.60. The number of nitrogens with zero attached hydrogens (tertiary/aromatic N) is 2. The van der Waals surface area contributed by atoms with E-state index < -0.39 is 23.8 Å². The highest BCUT2D eigenvalue weighted by Crippen LogP contribution is 2.23. The van der Waals surface area contributed by atoms with Gasteiger partial charge in [-0.2, -0.15) is 0 Å². The first-order chi connectivity index (χ1) is 11.6. The zero-order chi connectivity index (χ0) is 17.1. The van der Waals surface area contributed by atoms with Crippen LogP contribution in [0.2, 0.25) is 0 Å². The monoisotopic (exact) mass is 330 g/mol. The second-order valence-corrected chi connectivity index (χ2v) is 5.47. The fraction of sp³-hybridized carbons (Fsp3) is 0.312. The van der Waals surface area contributed by atoms with E-state index in [-0.39, 0.29) is 5.70 Å². The van der Waals surface area contributed by atoms with Crippen LogP contribution >= 0.6 is 0 Å². The molecule has 0 bridgehead atoms. The van der Waals surface area contributed by atoms with Crippen LogP contribution in [0.3, 0.4) is 0 Å². The number of carbonyl (C=O) groups is 3. The van der Waals surface area contributed by atoms with Gasteiger partial charge in [-0.15, -0.1) is 0 Å². The Morgan fingerprint density at radius 1 is 1.17 bits per heavy atom. The second kappa shape index (κ2) is 6.81. The van der Waals surface area contributed by atoms with E-state index in [4.69, 9.17) is 4.74 Å². The number of para-hydroxylation sites is 1. The largest absolute Gasteiger partial charge is 0.379 e. The molecule has 2 saturated heterocycles. The summed E-state index contributed by atoms with van der Waals surface area (Å²) in [5.74, 6) is -2.48. The molecule has 0 aromatic heterocycles. The molecular formula is C16H18N4O4. The van der Waals surface area contributed by atoms with Gasteiger partial charge >= 0.3 is 6.03 Å². The number of carbonyl (C=O) groups excluding carboxylic acids is 3. The van der Waals surface area contributed by atoms with E-state index in [9.17, 15) is 14.4 Å². The number of hydrazine groups is 1. The minimum absolute atomic E-state index is 0.229. The summed E-state index contributed by atoms with van der Waals surface area (Å²) in [7, 11) is 0. The van der Waals surface area contributed by atoms with Crippen molar-refractivity contribution in [2.24, 2.45) is 5.92 Å². The first kappa shape index (κ1) is 16.2. The first-order valence-corrected chi connectivity index (χ1v) is 7.60. The topological polar surface area (TPSA) is 91.0 Å². The minimum atomic E-state index is -1.18. The lowest BCUT2D eigenvalue weighted by molar-refractivity contribution is -0.133. The van der Waals surface area contributed by atoms with Gasteiger partial charge in [0.25, 0.3) is 5.91 Å². The summed E-state index contributed by atoms with van der Waals surface area (Å²) in [5, 5.41) is 4.04. The number of hydrogen-bond donors (Lipinski definition) is 2. The van der Waals surface area contributed by atoms with Crippen LogP contribution in [0.25, 0.3) is 0 Å². The molecule has 1 aromatic carbocycles. The number of hydrogen-bond acceptors (Lipinski definition) is 6. The van der Waals surface area contributed by atoms with Gasteiger partial charge in [0.15, 0.2) is 5.92 Å². The third kappa shape index (κ3) is 3.15. The maximum absolute atomic E-state index is 12.7. The molecule has 8 heteroatoms. The predicted molar refractivity (Wildman–Crippen MR) is 85.6 cm³/mol. The van der Waals surface area contributed by atoms with Crippen LogP contribution in [0.1, 0.15) is 0 Å². The number of rotatable bonds is 4. The fourth-order valence-electron chi connectivity index (χ4n) is 2.65. The van der Waals surface area contributed by atoms with E-state index in [1.54, 1.807) is 30.3 Å². The third-order valence-electron chi connectivity index (χ3n) is 3.84. The van der Waals surface area contributed by atoms with Crippen molar-refractivity contribution < 1.29 is 19.1 Å². The van der Waals surface area contributed by atoms with E-state index >= 15 is 0 Å². The second-order valence-electron chi connectivity index (χ2n) is 5.47. The van der Waals surface area contributed by atoms with Crippen molar-refractivity contribution in [2.75, 3.05) is 31.2 Å². The highest BCUT2D eigenvalue weighted by Gasteiger charge is 2.43. The summed E-state index contributed by atoms with van der Waals surface area (Å²) in [5.41, 5.74) is 3.60. The molecule has 0 aliphatic carbocycles. The fourth-order valence-corrected chi connectivity index (χ4v) is 2.65. The van der Waals surface area contributed by atoms with Crippen LogP contribution in [-0.4, -0.2) is 49.2 Å². The van der Waals surface area contributed by atoms with Gasteiger partial charge < -0.3 is 10.2 Å². The predicted octanol–water partition coefficient (Wildman–Crippen LogP) is 0.236. The van der Waals surface area contributed by atoms with Crippen molar-refractivity contribution in [3.8, 4) is 0 Å². The maximum atomic E-state index is 12.7. The normalized spacial score (nSPS) is 22.2. The smallest absolute Gasteiger partial charge is 0.335 e. The maximum Gasteiger partial charge on any atom is 0.335 e. The molecule has 2 N–H and O–H groups in total. The molecule has 24 heavy (non-hydrogen) atoms. The summed E-state index contributed by atoms with van der Waals surface area (Å²) in [4.78, 5) is 37.9. The number of nitrogens with one attached hydrogen (secondary N) is 2. The highest BCUT2D eigenvalue weighted by molar-refractivity contribution is 6.28. The number of imide groups is 2. The highest BCUT2D eigenvalue weighted by atomic mass is 16.5. The molecule has 2 fully saturated rings. The van der Waals surface area contributed by atoms with Crippen molar-refractivity contribution in [3.63, 3.8) is 0 Å². The Bertz CT molecular complexity index is 670. The minimum Gasteiger partial charge on any atom is -0.379 e. The van der Waals surface area contributed by atoms with Crippen LogP contribution in [0.4, 0.5) is 10.5 Å². The molecule has 2 aliphatic rings. The number of amides is 4. The first-order valence-electron chi connectivity index (χ1n) is 7.60. The molecule has 3 rings (SSSR count). The van der Waals surface area contributed by atoms with Crippen LogP contribution in [-0.2, 0) is 14.3 Å². The molecule has 2 aliphatic heterocycles. The Morgan fingerprint density at radius 3 is 2.50 bits per heavy atom. The van der Waals surface area contributed by atoms with Gasteiger partial charge in [-0.3, -0.25) is 14.9 Å². The summed E-state index contributed by atoms with van der Waals surface area (Å²) in [6.45, 7) is 6.15. The van der Waals surface area contributed by atoms with Crippen LogP contribution < -0.4 is 15.6 Å². The van der Waals surface area contributed by atoms with Crippen LogP contribution in [0.15, 0.2) is 42.6 Å². The van der Waals surface area contributed by atoms with Crippen molar-refractivity contribution in [1.29, 1.82) is 0 Å². The third-order valence-corrected chi connectivity index (χ3v) is 3.84.